The highest BCUT2D eigenvalue weighted by atomic mass is 16.1. The van der Waals surface area contributed by atoms with E-state index in [2.05, 4.69) is 6.92 Å². The molecule has 0 aromatic rings. The van der Waals surface area contributed by atoms with Gasteiger partial charge in [-0.2, -0.15) is 0 Å². The zero-order valence-electron chi connectivity index (χ0n) is 12.6. The maximum atomic E-state index is 13.0. The summed E-state index contributed by atoms with van der Waals surface area (Å²) in [4.78, 5) is 13.0. The van der Waals surface area contributed by atoms with Crippen molar-refractivity contribution in [1.82, 2.24) is 0 Å². The molecule has 0 aromatic heterocycles. The summed E-state index contributed by atoms with van der Waals surface area (Å²) < 4.78 is 0. The van der Waals surface area contributed by atoms with Crippen molar-refractivity contribution in [1.29, 1.82) is 0 Å². The van der Waals surface area contributed by atoms with Gasteiger partial charge in [-0.3, -0.25) is 4.79 Å². The van der Waals surface area contributed by atoms with E-state index in [4.69, 9.17) is 5.73 Å². The summed E-state index contributed by atoms with van der Waals surface area (Å²) in [5, 5.41) is 0. The lowest BCUT2D eigenvalue weighted by molar-refractivity contribution is -0.134. The minimum absolute atomic E-state index is 0.153. The second kappa shape index (κ2) is 6.88. The summed E-state index contributed by atoms with van der Waals surface area (Å²) in [6.45, 7) is 2.86. The Kier molecular flexibility index (Phi) is 5.44. The predicted molar refractivity (Wildman–Crippen MR) is 79.9 cm³/mol. The zero-order chi connectivity index (χ0) is 13.7. The fourth-order valence-electron chi connectivity index (χ4n) is 4.22. The number of nitrogens with two attached hydrogens (primary N) is 1. The van der Waals surface area contributed by atoms with Crippen LogP contribution in [0.1, 0.15) is 77.6 Å². The Balaban J connectivity index is 2.00. The van der Waals surface area contributed by atoms with Crippen molar-refractivity contribution < 1.29 is 4.79 Å². The maximum absolute atomic E-state index is 13.0. The largest absolute Gasteiger partial charge is 0.329 e. The molecule has 2 aliphatic rings. The van der Waals surface area contributed by atoms with Crippen LogP contribution in [0.5, 0.6) is 0 Å². The van der Waals surface area contributed by atoms with Gasteiger partial charge >= 0.3 is 0 Å². The molecule has 2 rings (SSSR count). The second-order valence-corrected chi connectivity index (χ2v) is 6.89. The van der Waals surface area contributed by atoms with Gasteiger partial charge in [-0.1, -0.05) is 39.0 Å². The van der Waals surface area contributed by atoms with Gasteiger partial charge in [-0.25, -0.2) is 0 Å². The van der Waals surface area contributed by atoms with Crippen LogP contribution in [0.25, 0.3) is 0 Å². The normalized spacial score (nSPS) is 31.7. The third-order valence-electron chi connectivity index (χ3n) is 5.77. The summed E-state index contributed by atoms with van der Waals surface area (Å²) in [6, 6.07) is 0. The highest BCUT2D eigenvalue weighted by Gasteiger charge is 2.41. The Morgan fingerprint density at radius 2 is 1.63 bits per heavy atom. The molecule has 2 nitrogen and oxygen atoms in total. The smallest absolute Gasteiger partial charge is 0.143 e. The van der Waals surface area contributed by atoms with E-state index in [9.17, 15) is 4.79 Å². The first-order valence-corrected chi connectivity index (χ1v) is 8.46. The lowest BCUT2D eigenvalue weighted by atomic mass is 9.68. The number of ketones is 1. The molecule has 2 N–H and O–H groups in total. The number of hydrogen-bond acceptors (Lipinski definition) is 2. The van der Waals surface area contributed by atoms with E-state index in [0.29, 0.717) is 18.2 Å². The van der Waals surface area contributed by atoms with Crippen LogP contribution in [-0.4, -0.2) is 12.3 Å². The number of Topliss-reactive ketones (excluding diaryl/α,β-unsaturated/α-hetero) is 1. The molecule has 0 spiro atoms. The Hall–Kier alpha value is -0.370. The van der Waals surface area contributed by atoms with Crippen molar-refractivity contribution in [2.45, 2.75) is 77.6 Å². The van der Waals surface area contributed by atoms with Crippen LogP contribution in [-0.2, 0) is 4.79 Å². The molecule has 0 saturated heterocycles. The molecule has 0 atom stereocenters. The fraction of sp³-hybridized carbons (Fsp3) is 0.941. The SMILES string of the molecule is CCC1CCC(C(=O)C2(CN)CCCCCC2)CC1. The maximum Gasteiger partial charge on any atom is 0.143 e. The van der Waals surface area contributed by atoms with E-state index in [1.165, 1.54) is 44.9 Å². The van der Waals surface area contributed by atoms with E-state index >= 15 is 0 Å². The summed E-state index contributed by atoms with van der Waals surface area (Å²) in [7, 11) is 0. The molecule has 2 fully saturated rings. The molecule has 0 aliphatic heterocycles. The first-order chi connectivity index (χ1) is 9.22. The van der Waals surface area contributed by atoms with E-state index < -0.39 is 0 Å². The van der Waals surface area contributed by atoms with Crippen molar-refractivity contribution >= 4 is 5.78 Å². The zero-order valence-corrected chi connectivity index (χ0v) is 12.6. The third kappa shape index (κ3) is 3.39. The average Bonchev–Trinajstić information content (AvgIpc) is 2.73. The Morgan fingerprint density at radius 3 is 2.11 bits per heavy atom. The van der Waals surface area contributed by atoms with Crippen LogP contribution in [0.2, 0.25) is 0 Å². The van der Waals surface area contributed by atoms with Crippen LogP contribution in [0.15, 0.2) is 0 Å². The second-order valence-electron chi connectivity index (χ2n) is 6.89. The van der Waals surface area contributed by atoms with Gasteiger partial charge in [0.2, 0.25) is 0 Å². The van der Waals surface area contributed by atoms with Gasteiger partial charge in [-0.05, 0) is 44.4 Å². The minimum Gasteiger partial charge on any atom is -0.329 e. The molecule has 0 bridgehead atoms. The van der Waals surface area contributed by atoms with Gasteiger partial charge in [-0.15, -0.1) is 0 Å². The van der Waals surface area contributed by atoms with E-state index in [1.54, 1.807) is 0 Å². The number of carbonyl (C=O) groups is 1. The van der Waals surface area contributed by atoms with E-state index in [-0.39, 0.29) is 5.41 Å². The molecule has 19 heavy (non-hydrogen) atoms. The van der Waals surface area contributed by atoms with Crippen LogP contribution in [0.3, 0.4) is 0 Å². The monoisotopic (exact) mass is 265 g/mol. The van der Waals surface area contributed by atoms with Crippen LogP contribution < -0.4 is 5.73 Å². The molecule has 2 heteroatoms. The van der Waals surface area contributed by atoms with E-state index in [1.807, 2.05) is 0 Å². The molecular formula is C17H31NO. The molecule has 0 amide bonds. The van der Waals surface area contributed by atoms with Gasteiger partial charge in [0.1, 0.15) is 5.78 Å². The average molecular weight is 265 g/mol. The highest BCUT2D eigenvalue weighted by molar-refractivity contribution is 5.87. The first-order valence-electron chi connectivity index (χ1n) is 8.46. The first kappa shape index (κ1) is 15.0. The molecule has 110 valence electrons. The molecule has 0 heterocycles. The van der Waals surface area contributed by atoms with E-state index in [0.717, 1.165) is 31.6 Å². The highest BCUT2D eigenvalue weighted by Crippen LogP contribution is 2.41. The Bertz CT molecular complexity index is 284. The van der Waals surface area contributed by atoms with Gasteiger partial charge in [0.15, 0.2) is 0 Å². The lowest BCUT2D eigenvalue weighted by Gasteiger charge is -2.36. The Labute approximate surface area is 118 Å². The molecule has 2 aliphatic carbocycles. The molecular weight excluding hydrogens is 234 g/mol. The van der Waals surface area contributed by atoms with Crippen LogP contribution in [0.4, 0.5) is 0 Å². The van der Waals surface area contributed by atoms with Gasteiger partial charge in [0.05, 0.1) is 0 Å². The van der Waals surface area contributed by atoms with Crippen LogP contribution >= 0.6 is 0 Å². The number of rotatable bonds is 4. The topological polar surface area (TPSA) is 43.1 Å². The quantitative estimate of drug-likeness (QED) is 0.779. The van der Waals surface area contributed by atoms with Gasteiger partial charge in [0.25, 0.3) is 0 Å². The van der Waals surface area contributed by atoms with Crippen molar-refractivity contribution in [2.75, 3.05) is 6.54 Å². The number of carbonyl (C=O) groups excluding carboxylic acids is 1. The standard InChI is InChI=1S/C17H31NO/c1-2-14-7-9-15(10-8-14)16(19)17(13-18)11-5-3-4-6-12-17/h14-15H,2-13,18H2,1H3. The third-order valence-corrected chi connectivity index (χ3v) is 5.77. The molecule has 2 saturated carbocycles. The predicted octanol–water partition coefficient (Wildman–Crippen LogP) is 4.07. The molecule has 0 aromatic carbocycles. The van der Waals surface area contributed by atoms with Crippen molar-refractivity contribution in [2.24, 2.45) is 23.0 Å². The summed E-state index contributed by atoms with van der Waals surface area (Å²) in [6.07, 6.45) is 13.1. The summed E-state index contributed by atoms with van der Waals surface area (Å²) >= 11 is 0. The van der Waals surface area contributed by atoms with Crippen LogP contribution in [0, 0.1) is 17.3 Å². The summed E-state index contributed by atoms with van der Waals surface area (Å²) in [5.41, 5.74) is 5.90. The summed E-state index contributed by atoms with van der Waals surface area (Å²) in [5.74, 6) is 1.72. The van der Waals surface area contributed by atoms with Crippen molar-refractivity contribution in [3.8, 4) is 0 Å². The minimum atomic E-state index is -0.153. The Morgan fingerprint density at radius 1 is 1.05 bits per heavy atom. The number of hydrogen-bond donors (Lipinski definition) is 1. The van der Waals surface area contributed by atoms with Gasteiger partial charge in [0, 0.05) is 17.9 Å². The van der Waals surface area contributed by atoms with Crippen molar-refractivity contribution in [3.05, 3.63) is 0 Å². The molecule has 0 radical (unpaired) electrons. The lowest BCUT2D eigenvalue weighted by Crippen LogP contribution is -2.43. The molecule has 0 unspecified atom stereocenters. The van der Waals surface area contributed by atoms with Gasteiger partial charge < -0.3 is 5.73 Å². The fourth-order valence-corrected chi connectivity index (χ4v) is 4.22. The van der Waals surface area contributed by atoms with Crippen molar-refractivity contribution in [3.63, 3.8) is 0 Å².